The Hall–Kier alpha value is -2.14. The highest BCUT2D eigenvalue weighted by Gasteiger charge is 2.32. The Morgan fingerprint density at radius 1 is 1.37 bits per heavy atom. The van der Waals surface area contributed by atoms with Gasteiger partial charge in [-0.1, -0.05) is 28.6 Å². The van der Waals surface area contributed by atoms with E-state index >= 15 is 0 Å². The van der Waals surface area contributed by atoms with Gasteiger partial charge in [-0.25, -0.2) is 4.79 Å². The van der Waals surface area contributed by atoms with E-state index < -0.39 is 12.3 Å². The summed E-state index contributed by atoms with van der Waals surface area (Å²) in [6.45, 7) is 1.10. The van der Waals surface area contributed by atoms with Gasteiger partial charge in [0.05, 0.1) is 10.7 Å². The molecule has 0 aliphatic carbocycles. The van der Waals surface area contributed by atoms with Crippen LogP contribution in [0.25, 0.3) is 0 Å². The third-order valence-corrected chi connectivity index (χ3v) is 5.58. The number of halogens is 4. The number of carboxylic acid groups (broad SMARTS) is 1. The van der Waals surface area contributed by atoms with Crippen LogP contribution in [0.3, 0.4) is 0 Å². The number of hydrogen-bond acceptors (Lipinski definition) is 6. The molecule has 1 aromatic carbocycles. The summed E-state index contributed by atoms with van der Waals surface area (Å²) < 4.78 is 41.2. The van der Waals surface area contributed by atoms with Gasteiger partial charge < -0.3 is 14.7 Å². The maximum Gasteiger partial charge on any atom is 0.573 e. The zero-order valence-electron chi connectivity index (χ0n) is 13.7. The fourth-order valence-corrected chi connectivity index (χ4v) is 4.08. The average Bonchev–Trinajstić information content (AvgIpc) is 3.05. The van der Waals surface area contributed by atoms with Crippen LogP contribution in [0.5, 0.6) is 5.75 Å². The lowest BCUT2D eigenvalue weighted by atomic mass is 10.1. The number of carbonyl (C=O) groups is 1. The van der Waals surface area contributed by atoms with Crippen molar-refractivity contribution in [1.29, 1.82) is 0 Å². The number of H-pyrrole nitrogens is 1. The summed E-state index contributed by atoms with van der Waals surface area (Å²) in [5.74, 6) is -1.46. The summed E-state index contributed by atoms with van der Waals surface area (Å²) in [5, 5.41) is 19.5. The molecular formula is C15H14ClF3N4O3S. The minimum Gasteiger partial charge on any atom is -0.476 e. The van der Waals surface area contributed by atoms with Crippen LogP contribution in [0.4, 0.5) is 18.9 Å². The Kier molecular flexibility index (Phi) is 5.70. The molecule has 2 N–H and O–H groups in total. The standard InChI is InChI=1S/C15H14ClF3N4O3S/c16-10-2-1-8(26-15(17,18)19)7-11(10)23-5-3-9(4-6-23)27-13-12(14(24)25)20-22-21-13/h1-2,7,9H,3-6H2,(H,24,25)(H,20,21,22). The number of carboxylic acids is 1. The lowest BCUT2D eigenvalue weighted by Crippen LogP contribution is -2.35. The van der Waals surface area contributed by atoms with Gasteiger partial charge in [0.1, 0.15) is 5.75 Å². The van der Waals surface area contributed by atoms with E-state index in [1.165, 1.54) is 30.0 Å². The van der Waals surface area contributed by atoms with Gasteiger partial charge in [-0.15, -0.1) is 18.3 Å². The van der Waals surface area contributed by atoms with Crippen LogP contribution in [0.2, 0.25) is 5.02 Å². The average molecular weight is 423 g/mol. The van der Waals surface area contributed by atoms with E-state index in [4.69, 9.17) is 16.7 Å². The molecule has 1 fully saturated rings. The number of ether oxygens (including phenoxy) is 1. The van der Waals surface area contributed by atoms with Crippen LogP contribution in [0.15, 0.2) is 23.2 Å². The number of rotatable bonds is 5. The van der Waals surface area contributed by atoms with Crippen molar-refractivity contribution in [2.45, 2.75) is 29.5 Å². The number of benzene rings is 1. The number of aromatic nitrogens is 3. The Labute approximate surface area is 160 Å². The lowest BCUT2D eigenvalue weighted by molar-refractivity contribution is -0.274. The van der Waals surface area contributed by atoms with Gasteiger partial charge >= 0.3 is 12.3 Å². The molecule has 2 heterocycles. The summed E-state index contributed by atoms with van der Waals surface area (Å²) in [6.07, 6.45) is -3.41. The highest BCUT2D eigenvalue weighted by atomic mass is 35.5. The molecule has 146 valence electrons. The third-order valence-electron chi connectivity index (χ3n) is 3.94. The Balaban J connectivity index is 1.64. The van der Waals surface area contributed by atoms with Gasteiger partial charge in [-0.3, -0.25) is 5.10 Å². The van der Waals surface area contributed by atoms with E-state index in [0.29, 0.717) is 41.7 Å². The molecule has 0 saturated carbocycles. The molecule has 7 nitrogen and oxygen atoms in total. The van der Waals surface area contributed by atoms with Crippen molar-refractivity contribution < 1.29 is 27.8 Å². The predicted molar refractivity (Wildman–Crippen MR) is 92.6 cm³/mol. The van der Waals surface area contributed by atoms with Crippen LogP contribution in [0, 0.1) is 0 Å². The van der Waals surface area contributed by atoms with E-state index in [1.807, 2.05) is 4.90 Å². The first kappa shape index (κ1) is 19.6. The first-order chi connectivity index (χ1) is 12.7. The molecule has 1 saturated heterocycles. The second-order valence-electron chi connectivity index (χ2n) is 5.76. The zero-order chi connectivity index (χ0) is 19.6. The van der Waals surface area contributed by atoms with Crippen molar-refractivity contribution >= 4 is 35.0 Å². The van der Waals surface area contributed by atoms with Gasteiger partial charge in [0.2, 0.25) is 0 Å². The first-order valence-electron chi connectivity index (χ1n) is 7.84. The quantitative estimate of drug-likeness (QED) is 0.756. The molecular weight excluding hydrogens is 409 g/mol. The van der Waals surface area contributed by atoms with Gasteiger partial charge in [-0.2, -0.15) is 0 Å². The molecule has 1 aliphatic rings. The van der Waals surface area contributed by atoms with Crippen LogP contribution in [-0.2, 0) is 0 Å². The summed E-state index contributed by atoms with van der Waals surface area (Å²) in [7, 11) is 0. The maximum absolute atomic E-state index is 12.4. The smallest absolute Gasteiger partial charge is 0.476 e. The van der Waals surface area contributed by atoms with Crippen molar-refractivity contribution in [3.8, 4) is 5.75 Å². The van der Waals surface area contributed by atoms with E-state index in [0.717, 1.165) is 0 Å². The molecule has 0 bridgehead atoms. The van der Waals surface area contributed by atoms with E-state index in [-0.39, 0.29) is 16.7 Å². The van der Waals surface area contributed by atoms with Crippen molar-refractivity contribution in [1.82, 2.24) is 15.4 Å². The summed E-state index contributed by atoms with van der Waals surface area (Å²) in [4.78, 5) is 13.0. The first-order valence-corrected chi connectivity index (χ1v) is 9.10. The van der Waals surface area contributed by atoms with Gasteiger partial charge in [-0.05, 0) is 25.0 Å². The van der Waals surface area contributed by atoms with Crippen molar-refractivity contribution in [3.05, 3.63) is 28.9 Å². The number of anilines is 1. The monoisotopic (exact) mass is 422 g/mol. The molecule has 0 atom stereocenters. The number of aromatic amines is 1. The van der Waals surface area contributed by atoms with Crippen molar-refractivity contribution in [2.75, 3.05) is 18.0 Å². The Bertz CT molecular complexity index is 825. The molecule has 1 aromatic heterocycles. The van der Waals surface area contributed by atoms with Crippen LogP contribution in [-0.4, -0.2) is 51.2 Å². The molecule has 1 aliphatic heterocycles. The molecule has 0 radical (unpaired) electrons. The minimum atomic E-state index is -4.77. The number of nitrogens with zero attached hydrogens (tertiary/aromatic N) is 3. The summed E-state index contributed by atoms with van der Waals surface area (Å²) >= 11 is 7.46. The van der Waals surface area contributed by atoms with Gasteiger partial charge in [0.25, 0.3) is 0 Å². The van der Waals surface area contributed by atoms with E-state index in [2.05, 4.69) is 20.1 Å². The van der Waals surface area contributed by atoms with Gasteiger partial charge in [0, 0.05) is 24.4 Å². The highest BCUT2D eigenvalue weighted by Crippen LogP contribution is 2.36. The number of piperidine rings is 1. The summed E-state index contributed by atoms with van der Waals surface area (Å²) in [6, 6.07) is 3.80. The largest absolute Gasteiger partial charge is 0.573 e. The fraction of sp³-hybridized carbons (Fsp3) is 0.400. The maximum atomic E-state index is 12.4. The molecule has 2 aromatic rings. The SMILES string of the molecule is O=C(O)c1[nH]nnc1SC1CCN(c2cc(OC(F)(F)F)ccc2Cl)CC1. The van der Waals surface area contributed by atoms with E-state index in [9.17, 15) is 18.0 Å². The van der Waals surface area contributed by atoms with Crippen LogP contribution in [0.1, 0.15) is 23.3 Å². The Morgan fingerprint density at radius 2 is 2.07 bits per heavy atom. The third kappa shape index (κ3) is 4.98. The molecule has 27 heavy (non-hydrogen) atoms. The molecule has 3 rings (SSSR count). The van der Waals surface area contributed by atoms with Crippen molar-refractivity contribution in [2.24, 2.45) is 0 Å². The Morgan fingerprint density at radius 3 is 2.70 bits per heavy atom. The second kappa shape index (κ2) is 7.85. The zero-order valence-corrected chi connectivity index (χ0v) is 15.2. The summed E-state index contributed by atoms with van der Waals surface area (Å²) in [5.41, 5.74) is 0.414. The van der Waals surface area contributed by atoms with Crippen LogP contribution >= 0.6 is 23.4 Å². The number of alkyl halides is 3. The number of thioether (sulfide) groups is 1. The van der Waals surface area contributed by atoms with E-state index in [1.54, 1.807) is 0 Å². The van der Waals surface area contributed by atoms with Crippen LogP contribution < -0.4 is 9.64 Å². The number of nitrogens with one attached hydrogen (secondary N) is 1. The topological polar surface area (TPSA) is 91.3 Å². The number of hydrogen-bond donors (Lipinski definition) is 2. The van der Waals surface area contributed by atoms with Gasteiger partial charge in [0.15, 0.2) is 10.7 Å². The second-order valence-corrected chi connectivity index (χ2v) is 7.46. The fourth-order valence-electron chi connectivity index (χ4n) is 2.74. The minimum absolute atomic E-state index is 0.0533. The normalized spacial score (nSPS) is 15.8. The number of aromatic carboxylic acids is 1. The molecule has 0 amide bonds. The molecule has 0 spiro atoms. The van der Waals surface area contributed by atoms with Crippen molar-refractivity contribution in [3.63, 3.8) is 0 Å². The predicted octanol–water partition coefficient (Wildman–Crippen LogP) is 3.82. The highest BCUT2D eigenvalue weighted by molar-refractivity contribution is 7.99. The molecule has 0 unspecified atom stereocenters. The molecule has 12 heteroatoms. The lowest BCUT2D eigenvalue weighted by Gasteiger charge is -2.33.